The second kappa shape index (κ2) is 7.68. The molecule has 3 aromatic carbocycles. The molecule has 0 unspecified atom stereocenters. The molecule has 136 valence electrons. The summed E-state index contributed by atoms with van der Waals surface area (Å²) in [6.07, 6.45) is 2.92. The minimum absolute atomic E-state index is 0.530. The Morgan fingerprint density at radius 2 is 1.15 bits per heavy atom. The van der Waals surface area contributed by atoms with Crippen molar-refractivity contribution >= 4 is 34.8 Å². The van der Waals surface area contributed by atoms with Gasteiger partial charge in [0.05, 0.1) is 0 Å². The quantitative estimate of drug-likeness (QED) is 0.463. The number of rotatable bonds is 5. The van der Waals surface area contributed by atoms with Crippen molar-refractivity contribution in [1.29, 1.82) is 0 Å². The zero-order valence-electron chi connectivity index (χ0n) is 15.2. The monoisotopic (exact) mass is 392 g/mol. The van der Waals surface area contributed by atoms with E-state index in [9.17, 15) is 0 Å². The Bertz CT molecular complexity index is 898. The van der Waals surface area contributed by atoms with Crippen molar-refractivity contribution < 1.29 is 0 Å². The fraction of sp³-hybridized carbons (Fsp3) is 0.0870. The first-order valence-electron chi connectivity index (χ1n) is 9.04. The summed E-state index contributed by atoms with van der Waals surface area (Å²) < 4.78 is 1.89. The van der Waals surface area contributed by atoms with Crippen molar-refractivity contribution in [2.75, 3.05) is 0 Å². The van der Waals surface area contributed by atoms with Gasteiger partial charge in [-0.05, 0) is 0 Å². The number of hydrogen-bond acceptors (Lipinski definition) is 1. The van der Waals surface area contributed by atoms with Gasteiger partial charge in [-0.1, -0.05) is 0 Å². The fourth-order valence-corrected chi connectivity index (χ4v) is 8.60. The molecule has 27 heavy (non-hydrogen) atoms. The van der Waals surface area contributed by atoms with Crippen LogP contribution in [-0.2, 0) is 13.2 Å². The molecule has 1 aromatic heterocycles. The summed E-state index contributed by atoms with van der Waals surface area (Å²) >= 11 is 6.26. The molecule has 0 amide bonds. The molecule has 0 bridgehead atoms. The van der Waals surface area contributed by atoms with Crippen molar-refractivity contribution in [1.82, 2.24) is 9.55 Å². The topological polar surface area (TPSA) is 17.8 Å². The van der Waals surface area contributed by atoms with E-state index in [-0.39, 0.29) is 0 Å². The van der Waals surface area contributed by atoms with E-state index in [4.69, 9.17) is 11.6 Å². The Balaban J connectivity index is 2.00. The van der Waals surface area contributed by atoms with Crippen LogP contribution in [-0.4, -0.2) is 9.55 Å². The Morgan fingerprint density at radius 1 is 0.741 bits per heavy atom. The summed E-state index contributed by atoms with van der Waals surface area (Å²) in [5, 5.41) is 4.67. The maximum absolute atomic E-state index is 6.26. The molecular formula is C23H22ClN2P. The average Bonchev–Trinajstić information content (AvgIpc) is 3.05. The Labute approximate surface area is 165 Å². The van der Waals surface area contributed by atoms with Gasteiger partial charge in [0.15, 0.2) is 0 Å². The van der Waals surface area contributed by atoms with Crippen LogP contribution in [0.4, 0.5) is 0 Å². The van der Waals surface area contributed by atoms with Crippen LogP contribution in [0.5, 0.6) is 0 Å². The molecule has 0 aliphatic carbocycles. The zero-order valence-corrected chi connectivity index (χ0v) is 17.0. The number of benzene rings is 3. The van der Waals surface area contributed by atoms with Crippen molar-refractivity contribution in [2.45, 2.75) is 6.16 Å². The van der Waals surface area contributed by atoms with Gasteiger partial charge in [-0.3, -0.25) is 0 Å². The second-order valence-corrected chi connectivity index (χ2v) is 11.0. The third-order valence-electron chi connectivity index (χ3n) is 5.12. The number of aryl methyl sites for hydroxylation is 1. The number of imidazole rings is 1. The van der Waals surface area contributed by atoms with E-state index in [0.717, 1.165) is 11.9 Å². The van der Waals surface area contributed by atoms with Crippen LogP contribution in [0.3, 0.4) is 0 Å². The second-order valence-electron chi connectivity index (χ2n) is 6.79. The van der Waals surface area contributed by atoms with E-state index in [1.165, 1.54) is 15.9 Å². The SMILES string of the molecule is Cn1cc(C[PH](c2ccccc2)(c2ccccc2)c2ccccc2)nc1Cl. The van der Waals surface area contributed by atoms with Gasteiger partial charge in [-0.25, -0.2) is 0 Å². The number of hydrogen-bond donors (Lipinski definition) is 0. The van der Waals surface area contributed by atoms with Gasteiger partial charge in [0.1, 0.15) is 0 Å². The fourth-order valence-electron chi connectivity index (χ4n) is 3.83. The van der Waals surface area contributed by atoms with Gasteiger partial charge in [-0.15, -0.1) is 0 Å². The van der Waals surface area contributed by atoms with Crippen molar-refractivity contribution in [3.8, 4) is 0 Å². The van der Waals surface area contributed by atoms with Crippen LogP contribution in [0, 0.1) is 0 Å². The van der Waals surface area contributed by atoms with Crippen LogP contribution in [0.15, 0.2) is 97.2 Å². The van der Waals surface area contributed by atoms with Crippen molar-refractivity contribution in [3.63, 3.8) is 0 Å². The summed E-state index contributed by atoms with van der Waals surface area (Å²) in [6.45, 7) is 0. The molecule has 0 N–H and O–H groups in total. The molecule has 0 saturated heterocycles. The van der Waals surface area contributed by atoms with Crippen LogP contribution >= 0.6 is 18.9 Å². The molecule has 0 aliphatic heterocycles. The number of nitrogens with zero attached hydrogens (tertiary/aromatic N) is 2. The minimum atomic E-state index is -2.31. The Morgan fingerprint density at radius 3 is 1.48 bits per heavy atom. The molecule has 4 rings (SSSR count). The van der Waals surface area contributed by atoms with Crippen LogP contribution in [0.1, 0.15) is 5.69 Å². The molecule has 1 heterocycles. The summed E-state index contributed by atoms with van der Waals surface area (Å²) in [7, 11) is -0.369. The van der Waals surface area contributed by atoms with Crippen LogP contribution in [0.2, 0.25) is 5.28 Å². The number of halogens is 1. The molecule has 0 atom stereocenters. The van der Waals surface area contributed by atoms with Gasteiger partial charge < -0.3 is 0 Å². The third kappa shape index (κ3) is 3.43. The molecule has 0 saturated carbocycles. The molecule has 0 spiro atoms. The van der Waals surface area contributed by atoms with Crippen LogP contribution in [0.25, 0.3) is 0 Å². The van der Waals surface area contributed by atoms with E-state index < -0.39 is 7.26 Å². The summed E-state index contributed by atoms with van der Waals surface area (Å²) in [5.74, 6) is 0. The molecule has 0 radical (unpaired) electrons. The molecule has 0 aliphatic rings. The predicted molar refractivity (Wildman–Crippen MR) is 118 cm³/mol. The zero-order chi connectivity index (χ0) is 18.7. The first-order chi connectivity index (χ1) is 13.2. The summed E-state index contributed by atoms with van der Waals surface area (Å²) in [6, 6.07) is 32.6. The molecule has 4 aromatic rings. The van der Waals surface area contributed by atoms with Crippen LogP contribution < -0.4 is 15.9 Å². The van der Waals surface area contributed by atoms with Crippen molar-refractivity contribution in [3.05, 3.63) is 108 Å². The van der Waals surface area contributed by atoms with E-state index in [0.29, 0.717) is 5.28 Å². The third-order valence-corrected chi connectivity index (χ3v) is 10.3. The molecular weight excluding hydrogens is 371 g/mol. The maximum atomic E-state index is 6.26. The van der Waals surface area contributed by atoms with E-state index in [1.807, 2.05) is 11.6 Å². The normalized spacial score (nSPS) is 12.1. The predicted octanol–water partition coefficient (Wildman–Crippen LogP) is 4.30. The van der Waals surface area contributed by atoms with Gasteiger partial charge >= 0.3 is 166 Å². The van der Waals surface area contributed by atoms with Gasteiger partial charge in [0.25, 0.3) is 0 Å². The Hall–Kier alpha value is -2.41. The van der Waals surface area contributed by atoms with E-state index in [1.54, 1.807) is 0 Å². The molecule has 0 fully saturated rings. The first kappa shape index (κ1) is 18.0. The summed E-state index contributed by atoms with van der Waals surface area (Å²) in [5.41, 5.74) is 1.03. The summed E-state index contributed by atoms with van der Waals surface area (Å²) in [4.78, 5) is 4.63. The average molecular weight is 393 g/mol. The molecule has 2 nitrogen and oxygen atoms in total. The molecule has 4 heteroatoms. The van der Waals surface area contributed by atoms with Gasteiger partial charge in [-0.2, -0.15) is 0 Å². The number of aromatic nitrogens is 2. The van der Waals surface area contributed by atoms with Crippen molar-refractivity contribution in [2.24, 2.45) is 7.05 Å². The van der Waals surface area contributed by atoms with Gasteiger partial charge in [0.2, 0.25) is 0 Å². The van der Waals surface area contributed by atoms with E-state index >= 15 is 0 Å². The first-order valence-corrected chi connectivity index (χ1v) is 11.6. The standard InChI is InChI=1S/C23H22ClN2P/c1-26-17-19(25-23(26)24)18-27(20-11-5-2-6-12-20,21-13-7-3-8-14-21)22-15-9-4-10-16-22/h2-17,27H,18H2,1H3. The van der Waals surface area contributed by atoms with E-state index in [2.05, 4.69) is 102 Å². The van der Waals surface area contributed by atoms with Gasteiger partial charge in [0, 0.05) is 0 Å². The Kier molecular flexibility index (Phi) is 5.11.